The lowest BCUT2D eigenvalue weighted by Crippen LogP contribution is -2.11. The lowest BCUT2D eigenvalue weighted by molar-refractivity contribution is 0.0513. The molecule has 8 heteroatoms. The van der Waals surface area contributed by atoms with Crippen LogP contribution in [0.3, 0.4) is 0 Å². The van der Waals surface area contributed by atoms with Gasteiger partial charge in [0.1, 0.15) is 17.0 Å². The molecule has 0 radical (unpaired) electrons. The van der Waals surface area contributed by atoms with E-state index in [1.54, 1.807) is 17.8 Å². The predicted octanol–water partition coefficient (Wildman–Crippen LogP) is 2.71. The molecule has 0 spiro atoms. The number of ether oxygens (including phenoxy) is 1. The number of alkyl halides is 2. The summed E-state index contributed by atoms with van der Waals surface area (Å²) in [4.78, 5) is 23.0. The Morgan fingerprint density at radius 2 is 2.26 bits per heavy atom. The molecule has 0 fully saturated rings. The quantitative estimate of drug-likeness (QED) is 0.808. The number of carbonyl (C=O) groups excluding carboxylic acids is 1. The van der Waals surface area contributed by atoms with Crippen LogP contribution in [0.2, 0.25) is 0 Å². The molecule has 0 aromatic carbocycles. The minimum Gasteiger partial charge on any atom is -0.462 e. The minimum absolute atomic E-state index is 0.0598. The summed E-state index contributed by atoms with van der Waals surface area (Å²) >= 11 is 1.30. The van der Waals surface area contributed by atoms with Crippen molar-refractivity contribution < 1.29 is 18.3 Å². The zero-order valence-corrected chi connectivity index (χ0v) is 10.7. The molecule has 5 nitrogen and oxygen atoms in total. The van der Waals surface area contributed by atoms with Gasteiger partial charge in [-0.25, -0.2) is 28.5 Å². The summed E-state index contributed by atoms with van der Waals surface area (Å²) in [5.74, 6) is -0.799. The van der Waals surface area contributed by atoms with Crippen molar-refractivity contribution in [1.29, 1.82) is 0 Å². The molecule has 2 heterocycles. The molecule has 0 amide bonds. The van der Waals surface area contributed by atoms with E-state index in [0.717, 1.165) is 6.20 Å². The molecule has 0 aliphatic heterocycles. The molecule has 0 atom stereocenters. The predicted molar refractivity (Wildman–Crippen MR) is 64.1 cm³/mol. The summed E-state index contributed by atoms with van der Waals surface area (Å²) in [5.41, 5.74) is 0.967. The summed E-state index contributed by atoms with van der Waals surface area (Å²) in [5, 5.41) is 1.63. The van der Waals surface area contributed by atoms with E-state index < -0.39 is 18.1 Å². The van der Waals surface area contributed by atoms with Crippen molar-refractivity contribution in [3.63, 3.8) is 0 Å². The summed E-state index contributed by atoms with van der Waals surface area (Å²) < 4.78 is 30.6. The van der Waals surface area contributed by atoms with Crippen molar-refractivity contribution in [2.45, 2.75) is 13.3 Å². The van der Waals surface area contributed by atoms with Gasteiger partial charge in [-0.05, 0) is 6.92 Å². The number of halogens is 2. The summed E-state index contributed by atoms with van der Waals surface area (Å²) in [6.45, 7) is 1.68. The maximum Gasteiger partial charge on any atom is 0.341 e. The van der Waals surface area contributed by atoms with E-state index in [9.17, 15) is 13.6 Å². The summed E-state index contributed by atoms with van der Waals surface area (Å²) in [6, 6.07) is 0. The Balaban J connectivity index is 2.44. The fourth-order valence-corrected chi connectivity index (χ4v) is 1.90. The molecule has 19 heavy (non-hydrogen) atoms. The second-order valence-electron chi connectivity index (χ2n) is 3.39. The van der Waals surface area contributed by atoms with Crippen LogP contribution in [0, 0.1) is 0 Å². The average molecular weight is 285 g/mol. The molecule has 0 saturated heterocycles. The van der Waals surface area contributed by atoms with E-state index in [1.165, 1.54) is 11.3 Å². The standard InChI is InChI=1S/C11H9F2N3O2S/c1-2-18-11(17)6-3-14-10(7-4-19-5-15-7)16-8(6)9(12)13/h3-5,9H,2H2,1H3. The van der Waals surface area contributed by atoms with Crippen molar-refractivity contribution in [3.05, 3.63) is 28.3 Å². The van der Waals surface area contributed by atoms with Gasteiger partial charge in [-0.2, -0.15) is 0 Å². The molecule has 0 aliphatic carbocycles. The second-order valence-corrected chi connectivity index (χ2v) is 4.11. The SMILES string of the molecule is CCOC(=O)c1cnc(-c2cscn2)nc1C(F)F. The fraction of sp³-hybridized carbons (Fsp3) is 0.273. The van der Waals surface area contributed by atoms with Crippen molar-refractivity contribution in [3.8, 4) is 11.5 Å². The van der Waals surface area contributed by atoms with Gasteiger partial charge >= 0.3 is 5.97 Å². The molecule has 0 unspecified atom stereocenters. The van der Waals surface area contributed by atoms with Gasteiger partial charge in [0, 0.05) is 11.6 Å². The van der Waals surface area contributed by atoms with Crippen LogP contribution >= 0.6 is 11.3 Å². The number of hydrogen-bond donors (Lipinski definition) is 0. The van der Waals surface area contributed by atoms with Crippen LogP contribution in [0.5, 0.6) is 0 Å². The lowest BCUT2D eigenvalue weighted by Gasteiger charge is -2.07. The highest BCUT2D eigenvalue weighted by Gasteiger charge is 2.23. The van der Waals surface area contributed by atoms with Crippen molar-refractivity contribution in [1.82, 2.24) is 15.0 Å². The van der Waals surface area contributed by atoms with Crippen molar-refractivity contribution in [2.24, 2.45) is 0 Å². The maximum absolute atomic E-state index is 12.9. The lowest BCUT2D eigenvalue weighted by atomic mass is 10.2. The first kappa shape index (κ1) is 13.5. The Morgan fingerprint density at radius 3 is 2.84 bits per heavy atom. The number of carbonyl (C=O) groups is 1. The monoisotopic (exact) mass is 285 g/mol. The Labute approximate surface area is 111 Å². The van der Waals surface area contributed by atoms with Gasteiger partial charge in [0.05, 0.1) is 12.1 Å². The van der Waals surface area contributed by atoms with Gasteiger partial charge in [-0.1, -0.05) is 0 Å². The molecular formula is C11H9F2N3O2S. The zero-order chi connectivity index (χ0) is 13.8. The molecule has 2 aromatic rings. The van der Waals surface area contributed by atoms with E-state index in [2.05, 4.69) is 19.7 Å². The number of hydrogen-bond acceptors (Lipinski definition) is 6. The van der Waals surface area contributed by atoms with Crippen LogP contribution in [0.25, 0.3) is 11.5 Å². The Morgan fingerprint density at radius 1 is 1.47 bits per heavy atom. The Kier molecular flexibility index (Phi) is 4.10. The summed E-state index contributed by atoms with van der Waals surface area (Å²) in [7, 11) is 0. The molecule has 100 valence electrons. The van der Waals surface area contributed by atoms with Crippen molar-refractivity contribution in [2.75, 3.05) is 6.61 Å². The first-order valence-corrected chi connectivity index (χ1v) is 6.28. The van der Waals surface area contributed by atoms with Gasteiger partial charge in [0.15, 0.2) is 5.82 Å². The highest BCUT2D eigenvalue weighted by Crippen LogP contribution is 2.24. The van der Waals surface area contributed by atoms with Gasteiger partial charge in [-0.3, -0.25) is 0 Å². The number of rotatable bonds is 4. The normalized spacial score (nSPS) is 10.7. The molecule has 2 rings (SSSR count). The molecule has 0 saturated carbocycles. The number of thiazole rings is 1. The van der Waals surface area contributed by atoms with E-state index in [-0.39, 0.29) is 18.0 Å². The van der Waals surface area contributed by atoms with Gasteiger partial charge in [0.25, 0.3) is 6.43 Å². The van der Waals surface area contributed by atoms with Crippen LogP contribution in [0.1, 0.15) is 29.4 Å². The van der Waals surface area contributed by atoms with E-state index >= 15 is 0 Å². The van der Waals surface area contributed by atoms with Crippen LogP contribution in [0.4, 0.5) is 8.78 Å². The molecular weight excluding hydrogens is 276 g/mol. The van der Waals surface area contributed by atoms with E-state index in [1.807, 2.05) is 0 Å². The molecule has 2 aromatic heterocycles. The van der Waals surface area contributed by atoms with E-state index in [4.69, 9.17) is 0 Å². The molecule has 0 bridgehead atoms. The average Bonchev–Trinajstić information content (AvgIpc) is 2.92. The topological polar surface area (TPSA) is 65.0 Å². The van der Waals surface area contributed by atoms with Crippen LogP contribution in [0.15, 0.2) is 17.1 Å². The number of nitrogens with zero attached hydrogens (tertiary/aromatic N) is 3. The maximum atomic E-state index is 12.9. The largest absolute Gasteiger partial charge is 0.462 e. The molecule has 0 N–H and O–H groups in total. The third-order valence-corrected chi connectivity index (χ3v) is 2.77. The Hall–Kier alpha value is -1.96. The number of aromatic nitrogens is 3. The summed E-state index contributed by atoms with van der Waals surface area (Å²) in [6.07, 6.45) is -1.85. The first-order valence-electron chi connectivity index (χ1n) is 5.34. The van der Waals surface area contributed by atoms with Crippen LogP contribution < -0.4 is 0 Å². The van der Waals surface area contributed by atoms with Gasteiger partial charge in [-0.15, -0.1) is 11.3 Å². The molecule has 0 aliphatic rings. The second kappa shape index (κ2) is 5.79. The fourth-order valence-electron chi connectivity index (χ4n) is 1.37. The van der Waals surface area contributed by atoms with Crippen LogP contribution in [-0.4, -0.2) is 27.5 Å². The highest BCUT2D eigenvalue weighted by molar-refractivity contribution is 7.07. The first-order chi connectivity index (χ1) is 9.13. The Bertz CT molecular complexity index is 575. The van der Waals surface area contributed by atoms with E-state index in [0.29, 0.717) is 5.69 Å². The zero-order valence-electron chi connectivity index (χ0n) is 9.84. The van der Waals surface area contributed by atoms with Crippen LogP contribution in [-0.2, 0) is 4.74 Å². The number of esters is 1. The third-order valence-electron chi connectivity index (χ3n) is 2.18. The smallest absolute Gasteiger partial charge is 0.341 e. The van der Waals surface area contributed by atoms with Crippen molar-refractivity contribution >= 4 is 17.3 Å². The van der Waals surface area contributed by atoms with Gasteiger partial charge < -0.3 is 4.74 Å². The highest BCUT2D eigenvalue weighted by atomic mass is 32.1. The minimum atomic E-state index is -2.89. The third kappa shape index (κ3) is 2.90. The van der Waals surface area contributed by atoms with Gasteiger partial charge in [0.2, 0.25) is 0 Å².